The zero-order valence-electron chi connectivity index (χ0n) is 13.5. The molecule has 0 aromatic carbocycles. The van der Waals surface area contributed by atoms with Gasteiger partial charge < -0.3 is 10.1 Å². The van der Waals surface area contributed by atoms with Crippen LogP contribution in [0.15, 0.2) is 0 Å². The summed E-state index contributed by atoms with van der Waals surface area (Å²) in [5, 5.41) is 3.56. The summed E-state index contributed by atoms with van der Waals surface area (Å²) in [6.07, 6.45) is 0.329. The first-order chi connectivity index (χ1) is 8.34. The van der Waals surface area contributed by atoms with Crippen LogP contribution in [0.25, 0.3) is 0 Å². The lowest BCUT2D eigenvalue weighted by Gasteiger charge is -2.32. The molecule has 0 aromatic rings. The predicted molar refractivity (Wildman–Crippen MR) is 80.1 cm³/mol. The topological polar surface area (TPSA) is 24.5 Å². The third-order valence-electron chi connectivity index (χ3n) is 3.14. The van der Waals surface area contributed by atoms with Crippen LogP contribution in [0.4, 0.5) is 0 Å². The highest BCUT2D eigenvalue weighted by atomic mass is 16.5. The number of nitrogens with one attached hydrogen (secondary N) is 1. The van der Waals surface area contributed by atoms with Gasteiger partial charge in [-0.25, -0.2) is 0 Å². The molecule has 0 amide bonds. The minimum absolute atomic E-state index is 0.329. The van der Waals surface area contributed by atoms with Crippen molar-refractivity contribution in [3.63, 3.8) is 0 Å². The highest BCUT2D eigenvalue weighted by Gasteiger charge is 2.18. The molecule has 0 rings (SSSR count). The third kappa shape index (κ3) is 8.90. The average Bonchev–Trinajstić information content (AvgIpc) is 2.22. The molecular weight excluding hydrogens is 224 g/mol. The Morgan fingerprint density at radius 1 is 1.00 bits per heavy atom. The molecule has 0 spiro atoms. The molecule has 0 fully saturated rings. The Balaban J connectivity index is 3.99. The van der Waals surface area contributed by atoms with Crippen molar-refractivity contribution in [3.05, 3.63) is 0 Å². The summed E-state index contributed by atoms with van der Waals surface area (Å²) in [5.74, 6) is 1.38. The fourth-order valence-electron chi connectivity index (χ4n) is 2.02. The van der Waals surface area contributed by atoms with Crippen molar-refractivity contribution in [2.24, 2.45) is 11.8 Å². The van der Waals surface area contributed by atoms with E-state index >= 15 is 0 Å². The van der Waals surface area contributed by atoms with Crippen molar-refractivity contribution >= 4 is 0 Å². The second-order valence-electron chi connectivity index (χ2n) is 6.26. The van der Waals surface area contributed by atoms with Crippen LogP contribution >= 0.6 is 0 Å². The third-order valence-corrected chi connectivity index (χ3v) is 3.14. The highest BCUT2D eigenvalue weighted by molar-refractivity contribution is 4.75. The van der Waals surface area contributed by atoms with Crippen molar-refractivity contribution in [1.82, 2.24) is 10.2 Å². The second-order valence-corrected chi connectivity index (χ2v) is 6.26. The molecule has 18 heavy (non-hydrogen) atoms. The first-order valence-electron chi connectivity index (χ1n) is 7.37. The number of hydrogen-bond donors (Lipinski definition) is 1. The second kappa shape index (κ2) is 9.76. The average molecular weight is 258 g/mol. The highest BCUT2D eigenvalue weighted by Crippen LogP contribution is 2.08. The SMILES string of the molecule is CC(C)CNCC(C(C)C)N(C)CCOC(C)C. The number of nitrogens with zero attached hydrogens (tertiary/aromatic N) is 1. The number of ether oxygens (including phenoxy) is 1. The molecule has 0 aliphatic carbocycles. The first-order valence-corrected chi connectivity index (χ1v) is 7.37. The van der Waals surface area contributed by atoms with Crippen molar-refractivity contribution in [1.29, 1.82) is 0 Å². The maximum absolute atomic E-state index is 5.62. The van der Waals surface area contributed by atoms with Crippen molar-refractivity contribution in [3.8, 4) is 0 Å². The van der Waals surface area contributed by atoms with Crippen LogP contribution in [0.2, 0.25) is 0 Å². The molecule has 3 nitrogen and oxygen atoms in total. The number of likely N-dealkylation sites (N-methyl/N-ethyl adjacent to an activating group) is 1. The van der Waals surface area contributed by atoms with Crippen LogP contribution in [0.1, 0.15) is 41.5 Å². The van der Waals surface area contributed by atoms with Crippen molar-refractivity contribution < 1.29 is 4.74 Å². The van der Waals surface area contributed by atoms with E-state index in [0.29, 0.717) is 24.0 Å². The van der Waals surface area contributed by atoms with Gasteiger partial charge in [-0.15, -0.1) is 0 Å². The molecule has 1 atom stereocenters. The fourth-order valence-corrected chi connectivity index (χ4v) is 2.02. The largest absolute Gasteiger partial charge is 0.377 e. The van der Waals surface area contributed by atoms with Crippen LogP contribution in [-0.4, -0.2) is 50.3 Å². The normalized spacial score (nSPS) is 14.2. The van der Waals surface area contributed by atoms with Crippen LogP contribution in [-0.2, 0) is 4.74 Å². The van der Waals surface area contributed by atoms with E-state index in [1.165, 1.54) is 0 Å². The Morgan fingerprint density at radius 3 is 2.06 bits per heavy atom. The summed E-state index contributed by atoms with van der Waals surface area (Å²) >= 11 is 0. The summed E-state index contributed by atoms with van der Waals surface area (Å²) in [6.45, 7) is 17.2. The quantitative estimate of drug-likeness (QED) is 0.652. The van der Waals surface area contributed by atoms with Gasteiger partial charge >= 0.3 is 0 Å². The van der Waals surface area contributed by atoms with Gasteiger partial charge in [0.2, 0.25) is 0 Å². The molecule has 0 bridgehead atoms. The van der Waals surface area contributed by atoms with E-state index < -0.39 is 0 Å². The van der Waals surface area contributed by atoms with Gasteiger partial charge in [-0.1, -0.05) is 27.7 Å². The molecule has 0 aliphatic heterocycles. The molecule has 0 saturated heterocycles. The summed E-state index contributed by atoms with van der Waals surface area (Å²) < 4.78 is 5.62. The fraction of sp³-hybridized carbons (Fsp3) is 1.00. The molecule has 0 aliphatic rings. The zero-order chi connectivity index (χ0) is 14.1. The van der Waals surface area contributed by atoms with Crippen molar-refractivity contribution in [2.45, 2.75) is 53.7 Å². The number of rotatable bonds is 10. The van der Waals surface area contributed by atoms with Gasteiger partial charge in [0.25, 0.3) is 0 Å². The molecule has 0 radical (unpaired) electrons. The lowest BCUT2D eigenvalue weighted by Crippen LogP contribution is -2.45. The Hall–Kier alpha value is -0.120. The standard InChI is InChI=1S/C15H34N2O/c1-12(2)10-16-11-15(13(3)4)17(7)8-9-18-14(5)6/h12-16H,8-11H2,1-7H3. The molecule has 1 N–H and O–H groups in total. The minimum atomic E-state index is 0.329. The number of hydrogen-bond acceptors (Lipinski definition) is 3. The van der Waals surface area contributed by atoms with Gasteiger partial charge in [-0.3, -0.25) is 4.90 Å². The zero-order valence-corrected chi connectivity index (χ0v) is 13.5. The van der Waals surface area contributed by atoms with Gasteiger partial charge in [0.05, 0.1) is 12.7 Å². The molecule has 110 valence electrons. The van der Waals surface area contributed by atoms with Crippen LogP contribution in [0.5, 0.6) is 0 Å². The van der Waals surface area contributed by atoms with E-state index in [1.807, 2.05) is 0 Å². The summed E-state index contributed by atoms with van der Waals surface area (Å²) in [4.78, 5) is 2.42. The summed E-state index contributed by atoms with van der Waals surface area (Å²) in [5.41, 5.74) is 0. The monoisotopic (exact) mass is 258 g/mol. The van der Waals surface area contributed by atoms with Gasteiger partial charge in [0.15, 0.2) is 0 Å². The maximum Gasteiger partial charge on any atom is 0.0596 e. The van der Waals surface area contributed by atoms with Gasteiger partial charge in [0.1, 0.15) is 0 Å². The molecule has 1 unspecified atom stereocenters. The summed E-state index contributed by atoms with van der Waals surface area (Å²) in [6, 6.07) is 0.583. The van der Waals surface area contributed by atoms with Crippen LogP contribution in [0.3, 0.4) is 0 Å². The Kier molecular flexibility index (Phi) is 9.70. The molecular formula is C15H34N2O. The lowest BCUT2D eigenvalue weighted by molar-refractivity contribution is 0.0505. The first kappa shape index (κ1) is 17.9. The van der Waals surface area contributed by atoms with Gasteiger partial charge in [-0.05, 0) is 39.3 Å². The van der Waals surface area contributed by atoms with E-state index in [9.17, 15) is 0 Å². The van der Waals surface area contributed by atoms with E-state index in [1.54, 1.807) is 0 Å². The molecule has 0 heterocycles. The van der Waals surface area contributed by atoms with Crippen LogP contribution < -0.4 is 5.32 Å². The maximum atomic E-state index is 5.62. The van der Waals surface area contributed by atoms with E-state index in [4.69, 9.17) is 4.74 Å². The van der Waals surface area contributed by atoms with E-state index in [0.717, 1.165) is 26.2 Å². The Labute approximate surface area is 114 Å². The summed E-state index contributed by atoms with van der Waals surface area (Å²) in [7, 11) is 2.20. The molecule has 3 heteroatoms. The molecule has 0 aromatic heterocycles. The Bertz CT molecular complexity index is 193. The van der Waals surface area contributed by atoms with Crippen molar-refractivity contribution in [2.75, 3.05) is 33.3 Å². The Morgan fingerprint density at radius 2 is 1.61 bits per heavy atom. The van der Waals surface area contributed by atoms with Gasteiger partial charge in [0, 0.05) is 19.1 Å². The van der Waals surface area contributed by atoms with Crippen LogP contribution in [0, 0.1) is 11.8 Å². The lowest BCUT2D eigenvalue weighted by atomic mass is 10.0. The minimum Gasteiger partial charge on any atom is -0.377 e. The smallest absolute Gasteiger partial charge is 0.0596 e. The predicted octanol–water partition coefficient (Wildman–Crippen LogP) is 2.61. The van der Waals surface area contributed by atoms with E-state index in [2.05, 4.69) is 58.8 Å². The van der Waals surface area contributed by atoms with Gasteiger partial charge in [-0.2, -0.15) is 0 Å². The van der Waals surface area contributed by atoms with E-state index in [-0.39, 0.29) is 0 Å². The molecule has 0 saturated carbocycles.